The van der Waals surface area contributed by atoms with Gasteiger partial charge in [-0.05, 0) is 29.7 Å². The summed E-state index contributed by atoms with van der Waals surface area (Å²) >= 11 is 0. The van der Waals surface area contributed by atoms with Crippen LogP contribution in [0.2, 0.25) is 0 Å². The summed E-state index contributed by atoms with van der Waals surface area (Å²) in [5.41, 5.74) is 0.351. The Kier molecular flexibility index (Phi) is 3.38. The molecule has 4 nitrogen and oxygen atoms in total. The number of halogens is 1. The number of esters is 1. The molecule has 1 heterocycles. The Hall–Kier alpha value is -2.17. The Balaban J connectivity index is 2.72. The van der Waals surface area contributed by atoms with Gasteiger partial charge in [-0.2, -0.15) is 0 Å². The molecule has 5 heteroatoms. The maximum absolute atomic E-state index is 13.9. The molecule has 0 aliphatic rings. The van der Waals surface area contributed by atoms with E-state index in [1.807, 2.05) is 13.8 Å². The molecular formula is C14H14FNO3. The number of carbonyl (C=O) groups excluding carboxylic acids is 1. The van der Waals surface area contributed by atoms with E-state index in [0.717, 1.165) is 0 Å². The van der Waals surface area contributed by atoms with Crippen molar-refractivity contribution in [3.05, 3.63) is 45.5 Å². The van der Waals surface area contributed by atoms with E-state index in [2.05, 4.69) is 9.72 Å². The highest BCUT2D eigenvalue weighted by molar-refractivity contribution is 5.93. The first-order chi connectivity index (χ1) is 8.93. The van der Waals surface area contributed by atoms with Crippen LogP contribution >= 0.6 is 0 Å². The van der Waals surface area contributed by atoms with Crippen LogP contribution in [-0.4, -0.2) is 18.1 Å². The minimum Gasteiger partial charge on any atom is -0.465 e. The second kappa shape index (κ2) is 4.84. The summed E-state index contributed by atoms with van der Waals surface area (Å²) in [6.07, 6.45) is 0. The monoisotopic (exact) mass is 263 g/mol. The van der Waals surface area contributed by atoms with Crippen LogP contribution in [0, 0.1) is 5.82 Å². The van der Waals surface area contributed by atoms with Gasteiger partial charge in [0.05, 0.1) is 7.11 Å². The van der Waals surface area contributed by atoms with Gasteiger partial charge in [-0.1, -0.05) is 13.8 Å². The number of hydrogen-bond acceptors (Lipinski definition) is 3. The normalized spacial score (nSPS) is 11.0. The van der Waals surface area contributed by atoms with E-state index in [1.54, 1.807) is 6.07 Å². The van der Waals surface area contributed by atoms with E-state index in [9.17, 15) is 14.0 Å². The lowest BCUT2D eigenvalue weighted by molar-refractivity contribution is 0.0599. The molecule has 0 fully saturated rings. The number of carbonyl (C=O) groups is 1. The topological polar surface area (TPSA) is 59.2 Å². The average Bonchev–Trinajstić information content (AvgIpc) is 2.36. The van der Waals surface area contributed by atoms with E-state index in [1.165, 1.54) is 19.2 Å². The third-order valence-electron chi connectivity index (χ3n) is 2.99. The SMILES string of the molecule is COC(=O)c1cc2cc(F)c(C(C)C)cc2[nH]c1=O. The van der Waals surface area contributed by atoms with Gasteiger partial charge < -0.3 is 9.72 Å². The second-order valence-electron chi connectivity index (χ2n) is 4.62. The van der Waals surface area contributed by atoms with Crippen LogP contribution in [0.4, 0.5) is 4.39 Å². The van der Waals surface area contributed by atoms with Crippen molar-refractivity contribution in [3.63, 3.8) is 0 Å². The molecule has 1 N–H and O–H groups in total. The molecule has 0 radical (unpaired) electrons. The molecule has 100 valence electrons. The molecule has 0 aliphatic heterocycles. The van der Waals surface area contributed by atoms with Crippen LogP contribution in [0.1, 0.15) is 35.7 Å². The Bertz CT molecular complexity index is 704. The van der Waals surface area contributed by atoms with Gasteiger partial charge in [0.2, 0.25) is 0 Å². The van der Waals surface area contributed by atoms with Crippen molar-refractivity contribution in [1.29, 1.82) is 0 Å². The van der Waals surface area contributed by atoms with Crippen molar-refractivity contribution in [2.45, 2.75) is 19.8 Å². The lowest BCUT2D eigenvalue weighted by Gasteiger charge is -2.09. The summed E-state index contributed by atoms with van der Waals surface area (Å²) in [5.74, 6) is -1.09. The van der Waals surface area contributed by atoms with E-state index in [0.29, 0.717) is 16.5 Å². The largest absolute Gasteiger partial charge is 0.465 e. The van der Waals surface area contributed by atoms with E-state index >= 15 is 0 Å². The summed E-state index contributed by atoms with van der Waals surface area (Å²) in [6, 6.07) is 4.25. The highest BCUT2D eigenvalue weighted by Crippen LogP contribution is 2.23. The predicted octanol–water partition coefficient (Wildman–Crippen LogP) is 2.58. The van der Waals surface area contributed by atoms with Crippen LogP contribution in [-0.2, 0) is 4.74 Å². The third-order valence-corrected chi connectivity index (χ3v) is 2.99. The zero-order valence-electron chi connectivity index (χ0n) is 10.9. The van der Waals surface area contributed by atoms with Gasteiger partial charge >= 0.3 is 5.97 Å². The summed E-state index contributed by atoms with van der Waals surface area (Å²) in [7, 11) is 1.19. The molecule has 0 unspecified atom stereocenters. The van der Waals surface area contributed by atoms with Gasteiger partial charge in [0.15, 0.2) is 0 Å². The Morgan fingerprint density at radius 3 is 2.58 bits per heavy atom. The first-order valence-corrected chi connectivity index (χ1v) is 5.89. The van der Waals surface area contributed by atoms with E-state index in [-0.39, 0.29) is 17.3 Å². The number of H-pyrrole nitrogens is 1. The van der Waals surface area contributed by atoms with Crippen molar-refractivity contribution in [1.82, 2.24) is 4.98 Å². The number of rotatable bonds is 2. The number of aromatic nitrogens is 1. The first-order valence-electron chi connectivity index (χ1n) is 5.89. The molecule has 0 atom stereocenters. The van der Waals surface area contributed by atoms with Crippen LogP contribution < -0.4 is 5.56 Å². The standard InChI is InChI=1S/C14H14FNO3/c1-7(2)9-6-12-8(5-11(9)15)4-10(13(17)16-12)14(18)19-3/h4-7H,1-3H3,(H,16,17). The highest BCUT2D eigenvalue weighted by Gasteiger charge is 2.14. The summed E-state index contributed by atoms with van der Waals surface area (Å²) in [4.78, 5) is 25.7. The molecule has 0 saturated carbocycles. The minimum absolute atomic E-state index is 0.00758. The smallest absolute Gasteiger partial charge is 0.343 e. The maximum Gasteiger partial charge on any atom is 0.343 e. The second-order valence-corrected chi connectivity index (χ2v) is 4.62. The molecular weight excluding hydrogens is 249 g/mol. The summed E-state index contributed by atoms with van der Waals surface area (Å²) < 4.78 is 18.4. The third kappa shape index (κ3) is 2.36. The number of nitrogens with one attached hydrogen (secondary N) is 1. The van der Waals surface area contributed by atoms with Crippen molar-refractivity contribution in [3.8, 4) is 0 Å². The zero-order chi connectivity index (χ0) is 14.2. The molecule has 0 spiro atoms. The number of methoxy groups -OCH3 is 1. The van der Waals surface area contributed by atoms with Crippen molar-refractivity contribution < 1.29 is 13.9 Å². The molecule has 0 aliphatic carbocycles. The van der Waals surface area contributed by atoms with Gasteiger partial charge in [0.25, 0.3) is 5.56 Å². The fourth-order valence-corrected chi connectivity index (χ4v) is 1.95. The Morgan fingerprint density at radius 2 is 2.00 bits per heavy atom. The van der Waals surface area contributed by atoms with Crippen LogP contribution in [0.15, 0.2) is 23.0 Å². The van der Waals surface area contributed by atoms with Gasteiger partial charge in [-0.3, -0.25) is 4.79 Å². The number of ether oxygens (including phenoxy) is 1. The van der Waals surface area contributed by atoms with Gasteiger partial charge in [-0.25, -0.2) is 9.18 Å². The number of aromatic amines is 1. The van der Waals surface area contributed by atoms with Gasteiger partial charge in [0.1, 0.15) is 11.4 Å². The van der Waals surface area contributed by atoms with Crippen molar-refractivity contribution >= 4 is 16.9 Å². The molecule has 2 rings (SSSR count). The van der Waals surface area contributed by atoms with Gasteiger partial charge in [0, 0.05) is 10.9 Å². The van der Waals surface area contributed by atoms with E-state index in [4.69, 9.17) is 0 Å². The maximum atomic E-state index is 13.9. The molecule has 1 aromatic carbocycles. The summed E-state index contributed by atoms with van der Waals surface area (Å²) in [5, 5.41) is 0.460. The Labute approximate surface area is 109 Å². The number of benzene rings is 1. The average molecular weight is 263 g/mol. The molecule has 1 aromatic heterocycles. The summed E-state index contributed by atoms with van der Waals surface area (Å²) in [6.45, 7) is 3.73. The Morgan fingerprint density at radius 1 is 1.32 bits per heavy atom. The lowest BCUT2D eigenvalue weighted by Crippen LogP contribution is -2.18. The molecule has 2 aromatic rings. The quantitative estimate of drug-likeness (QED) is 0.847. The molecule has 19 heavy (non-hydrogen) atoms. The zero-order valence-corrected chi connectivity index (χ0v) is 10.9. The van der Waals surface area contributed by atoms with Crippen molar-refractivity contribution in [2.24, 2.45) is 0 Å². The predicted molar refractivity (Wildman–Crippen MR) is 70.0 cm³/mol. The van der Waals surface area contributed by atoms with Gasteiger partial charge in [-0.15, -0.1) is 0 Å². The molecule has 0 bridgehead atoms. The van der Waals surface area contributed by atoms with Crippen molar-refractivity contribution in [2.75, 3.05) is 7.11 Å². The van der Waals surface area contributed by atoms with E-state index < -0.39 is 11.5 Å². The number of fused-ring (bicyclic) bond motifs is 1. The minimum atomic E-state index is -0.739. The lowest BCUT2D eigenvalue weighted by atomic mass is 10.00. The fourth-order valence-electron chi connectivity index (χ4n) is 1.95. The number of pyridine rings is 1. The van der Waals surface area contributed by atoms with Crippen LogP contribution in [0.5, 0.6) is 0 Å². The molecule has 0 saturated heterocycles. The highest BCUT2D eigenvalue weighted by atomic mass is 19.1. The fraction of sp³-hybridized carbons (Fsp3) is 0.286. The molecule has 0 amide bonds. The van der Waals surface area contributed by atoms with Crippen LogP contribution in [0.25, 0.3) is 10.9 Å². The first kappa shape index (κ1) is 13.3. The van der Waals surface area contributed by atoms with Crippen LogP contribution in [0.3, 0.4) is 0 Å². The number of hydrogen-bond donors (Lipinski definition) is 1.